The zero-order valence-corrected chi connectivity index (χ0v) is 17.2. The van der Waals surface area contributed by atoms with Crippen LogP contribution in [0.4, 0.5) is 9.52 Å². The van der Waals surface area contributed by atoms with E-state index in [0.717, 1.165) is 11.3 Å². The van der Waals surface area contributed by atoms with Crippen molar-refractivity contribution in [1.82, 2.24) is 25.0 Å². The van der Waals surface area contributed by atoms with E-state index in [2.05, 4.69) is 25.6 Å². The van der Waals surface area contributed by atoms with Gasteiger partial charge in [-0.3, -0.25) is 10.1 Å². The number of rotatable bonds is 6. The molecule has 0 radical (unpaired) electrons. The normalized spacial score (nSPS) is 11.7. The number of nitrogens with zero attached hydrogens (tertiary/aromatic N) is 5. The molecule has 1 N–H and O–H groups in total. The molecule has 0 bridgehead atoms. The number of anilines is 1. The van der Waals surface area contributed by atoms with E-state index >= 15 is 0 Å². The predicted molar refractivity (Wildman–Crippen MR) is 109 cm³/mol. The minimum atomic E-state index is -3.52. The highest BCUT2D eigenvalue weighted by Crippen LogP contribution is 2.23. The lowest BCUT2D eigenvalue weighted by Crippen LogP contribution is -2.14. The maximum Gasteiger partial charge on any atom is 0.278 e. The van der Waals surface area contributed by atoms with Crippen LogP contribution in [0.5, 0.6) is 0 Å². The van der Waals surface area contributed by atoms with E-state index in [1.54, 1.807) is 36.5 Å². The second-order valence-corrected chi connectivity index (χ2v) is 9.63. The summed E-state index contributed by atoms with van der Waals surface area (Å²) in [5.41, 5.74) is 0.875. The molecular formula is C18H15FN6O3S2. The lowest BCUT2D eigenvalue weighted by atomic mass is 10.2. The molecule has 0 saturated carbocycles. The van der Waals surface area contributed by atoms with Gasteiger partial charge in [-0.2, -0.15) is 5.10 Å². The van der Waals surface area contributed by atoms with Gasteiger partial charge < -0.3 is 0 Å². The van der Waals surface area contributed by atoms with Gasteiger partial charge in [-0.05, 0) is 18.2 Å². The molecule has 3 aromatic heterocycles. The summed E-state index contributed by atoms with van der Waals surface area (Å²) in [7, 11) is -3.52. The van der Waals surface area contributed by atoms with Gasteiger partial charge in [-0.15, -0.1) is 10.2 Å². The van der Waals surface area contributed by atoms with Gasteiger partial charge in [0.15, 0.2) is 11.3 Å². The molecule has 30 heavy (non-hydrogen) atoms. The van der Waals surface area contributed by atoms with Crippen molar-refractivity contribution in [2.24, 2.45) is 0 Å². The van der Waals surface area contributed by atoms with Crippen LogP contribution in [0.3, 0.4) is 0 Å². The number of amides is 1. The summed E-state index contributed by atoms with van der Waals surface area (Å²) in [6.45, 7) is 1.58. The Labute approximate surface area is 174 Å². The van der Waals surface area contributed by atoms with Crippen molar-refractivity contribution in [1.29, 1.82) is 0 Å². The van der Waals surface area contributed by atoms with Gasteiger partial charge in [0, 0.05) is 11.8 Å². The third-order valence-corrected chi connectivity index (χ3v) is 7.29. The Morgan fingerprint density at radius 2 is 2.00 bits per heavy atom. The van der Waals surface area contributed by atoms with Crippen LogP contribution in [0.2, 0.25) is 0 Å². The predicted octanol–water partition coefficient (Wildman–Crippen LogP) is 2.52. The van der Waals surface area contributed by atoms with Crippen molar-refractivity contribution >= 4 is 43.2 Å². The molecule has 0 atom stereocenters. The molecule has 12 heteroatoms. The third kappa shape index (κ3) is 3.78. The average Bonchev–Trinajstić information content (AvgIpc) is 3.35. The van der Waals surface area contributed by atoms with E-state index in [0.29, 0.717) is 16.6 Å². The number of benzene rings is 1. The molecule has 0 aliphatic heterocycles. The fourth-order valence-corrected chi connectivity index (χ4v) is 4.72. The van der Waals surface area contributed by atoms with Crippen molar-refractivity contribution < 1.29 is 17.6 Å². The molecule has 9 nitrogen and oxygen atoms in total. The molecule has 154 valence electrons. The Bertz CT molecular complexity index is 1350. The summed E-state index contributed by atoms with van der Waals surface area (Å²) in [6.07, 6.45) is 1.55. The minimum Gasteiger partial charge on any atom is -0.295 e. The highest BCUT2D eigenvalue weighted by molar-refractivity contribution is 7.93. The van der Waals surface area contributed by atoms with Crippen LogP contribution in [-0.4, -0.2) is 45.0 Å². The zero-order valence-electron chi connectivity index (χ0n) is 15.6. The number of nitrogens with one attached hydrogen (secondary N) is 1. The summed E-state index contributed by atoms with van der Waals surface area (Å²) >= 11 is 0.762. The van der Waals surface area contributed by atoms with Crippen LogP contribution in [0.15, 0.2) is 46.9 Å². The minimum absolute atomic E-state index is 0.0349. The molecule has 0 unspecified atom stereocenters. The number of hydrogen-bond acceptors (Lipinski definition) is 8. The standard InChI is InChI=1S/C18H15FN6O3S2/c1-2-30(27,28)18-23-22-17(29-18)21-16(26)14-12-7-5-9-20-15(12)25(24-14)10-11-6-3-4-8-13(11)19/h3-9H,2,10H2,1H3,(H,21,22,26). The van der Waals surface area contributed by atoms with Gasteiger partial charge in [0.05, 0.1) is 17.7 Å². The molecule has 3 heterocycles. The lowest BCUT2D eigenvalue weighted by molar-refractivity contribution is 0.102. The van der Waals surface area contributed by atoms with Gasteiger partial charge in [-0.25, -0.2) is 22.5 Å². The second kappa shape index (κ2) is 7.88. The number of hydrogen-bond donors (Lipinski definition) is 1. The quantitative estimate of drug-likeness (QED) is 0.452. The van der Waals surface area contributed by atoms with Crippen LogP contribution in [0.1, 0.15) is 23.0 Å². The molecule has 4 aromatic rings. The number of halogens is 1. The number of carbonyl (C=O) groups is 1. The number of pyridine rings is 1. The molecule has 0 fully saturated rings. The van der Waals surface area contributed by atoms with Crippen LogP contribution < -0.4 is 5.32 Å². The van der Waals surface area contributed by atoms with Gasteiger partial charge in [0.2, 0.25) is 19.3 Å². The molecule has 0 spiro atoms. The Morgan fingerprint density at radius 3 is 2.77 bits per heavy atom. The molecular weight excluding hydrogens is 431 g/mol. The molecule has 0 saturated heterocycles. The Morgan fingerprint density at radius 1 is 1.20 bits per heavy atom. The van der Waals surface area contributed by atoms with Crippen molar-refractivity contribution in [2.75, 3.05) is 11.1 Å². The number of sulfone groups is 1. The smallest absolute Gasteiger partial charge is 0.278 e. The van der Waals surface area contributed by atoms with E-state index < -0.39 is 15.7 Å². The largest absolute Gasteiger partial charge is 0.295 e. The van der Waals surface area contributed by atoms with Gasteiger partial charge in [0.25, 0.3) is 5.91 Å². The molecule has 1 amide bonds. The maximum atomic E-state index is 14.1. The number of carbonyl (C=O) groups excluding carboxylic acids is 1. The average molecular weight is 446 g/mol. The van der Waals surface area contributed by atoms with E-state index in [-0.39, 0.29) is 33.3 Å². The molecule has 0 aliphatic carbocycles. The van der Waals surface area contributed by atoms with E-state index in [1.165, 1.54) is 17.7 Å². The monoisotopic (exact) mass is 446 g/mol. The maximum absolute atomic E-state index is 14.1. The fourth-order valence-electron chi connectivity index (χ4n) is 2.74. The van der Waals surface area contributed by atoms with Crippen LogP contribution in [0.25, 0.3) is 11.0 Å². The summed E-state index contributed by atoms with van der Waals surface area (Å²) in [4.78, 5) is 17.0. The number of fused-ring (bicyclic) bond motifs is 1. The zero-order chi connectivity index (χ0) is 21.3. The Hall–Kier alpha value is -3.25. The fraction of sp³-hybridized carbons (Fsp3) is 0.167. The molecule has 0 aliphatic rings. The van der Waals surface area contributed by atoms with Crippen LogP contribution >= 0.6 is 11.3 Å². The second-order valence-electron chi connectivity index (χ2n) is 6.20. The molecule has 1 aromatic carbocycles. The first-order valence-electron chi connectivity index (χ1n) is 8.81. The van der Waals surface area contributed by atoms with Gasteiger partial charge in [-0.1, -0.05) is 36.5 Å². The topological polar surface area (TPSA) is 120 Å². The van der Waals surface area contributed by atoms with Crippen molar-refractivity contribution in [3.05, 3.63) is 59.7 Å². The van der Waals surface area contributed by atoms with Crippen molar-refractivity contribution in [2.45, 2.75) is 17.8 Å². The van der Waals surface area contributed by atoms with E-state index in [4.69, 9.17) is 0 Å². The first kappa shape index (κ1) is 20.0. The van der Waals surface area contributed by atoms with Crippen LogP contribution in [-0.2, 0) is 16.4 Å². The summed E-state index contributed by atoms with van der Waals surface area (Å²) in [6, 6.07) is 9.61. The summed E-state index contributed by atoms with van der Waals surface area (Å²) < 4.78 is 39.1. The van der Waals surface area contributed by atoms with Crippen LogP contribution in [0, 0.1) is 5.82 Å². The van der Waals surface area contributed by atoms with Crippen molar-refractivity contribution in [3.8, 4) is 0 Å². The SMILES string of the molecule is CCS(=O)(=O)c1nnc(NC(=O)c2nn(Cc3ccccc3F)c3ncccc23)s1. The van der Waals surface area contributed by atoms with Gasteiger partial charge in [0.1, 0.15) is 5.82 Å². The lowest BCUT2D eigenvalue weighted by Gasteiger charge is -2.04. The van der Waals surface area contributed by atoms with E-state index in [9.17, 15) is 17.6 Å². The third-order valence-electron chi connectivity index (χ3n) is 4.27. The highest BCUT2D eigenvalue weighted by Gasteiger charge is 2.22. The Kier molecular flexibility index (Phi) is 5.26. The first-order valence-corrected chi connectivity index (χ1v) is 11.3. The van der Waals surface area contributed by atoms with E-state index in [1.807, 2.05) is 0 Å². The highest BCUT2D eigenvalue weighted by atomic mass is 32.2. The first-order chi connectivity index (χ1) is 14.4. The Balaban J connectivity index is 1.66. The summed E-state index contributed by atoms with van der Waals surface area (Å²) in [5.74, 6) is -1.11. The number of aromatic nitrogens is 5. The summed E-state index contributed by atoms with van der Waals surface area (Å²) in [5, 5.41) is 14.7. The van der Waals surface area contributed by atoms with Gasteiger partial charge >= 0.3 is 0 Å². The van der Waals surface area contributed by atoms with Crippen molar-refractivity contribution in [3.63, 3.8) is 0 Å². The molecule has 4 rings (SSSR count).